The van der Waals surface area contributed by atoms with Gasteiger partial charge in [-0.15, -0.1) is 11.6 Å². The third-order valence-corrected chi connectivity index (χ3v) is 10.1. The zero-order chi connectivity index (χ0) is 24.5. The van der Waals surface area contributed by atoms with Crippen LogP contribution in [0.15, 0.2) is 23.8 Å². The molecule has 2 heterocycles. The Balaban J connectivity index is 1.43. The number of rotatable bonds is 3. The Morgan fingerprint density at radius 2 is 1.85 bits per heavy atom. The first kappa shape index (κ1) is 22.9. The lowest BCUT2D eigenvalue weighted by Crippen LogP contribution is -2.64. The molecule has 0 amide bonds. The number of hydrogen-bond acceptors (Lipinski definition) is 7. The predicted octanol–water partition coefficient (Wildman–Crippen LogP) is 3.28. The van der Waals surface area contributed by atoms with Gasteiger partial charge in [0, 0.05) is 17.8 Å². The first-order valence-electron chi connectivity index (χ1n) is 12.1. The van der Waals surface area contributed by atoms with E-state index in [1.807, 2.05) is 19.9 Å². The second-order valence-electron chi connectivity index (χ2n) is 11.8. The van der Waals surface area contributed by atoms with Crippen LogP contribution in [0.4, 0.5) is 0 Å². The van der Waals surface area contributed by atoms with Crippen LogP contribution in [0.25, 0.3) is 0 Å². The highest BCUT2D eigenvalue weighted by Crippen LogP contribution is 2.77. The molecule has 6 aliphatic rings. The van der Waals surface area contributed by atoms with Crippen LogP contribution in [0, 0.1) is 22.7 Å². The van der Waals surface area contributed by atoms with Gasteiger partial charge in [-0.2, -0.15) is 0 Å². The molecule has 0 radical (unpaired) electrons. The van der Waals surface area contributed by atoms with Gasteiger partial charge in [-0.3, -0.25) is 14.4 Å². The summed E-state index contributed by atoms with van der Waals surface area (Å²) in [6.07, 6.45) is 6.64. The van der Waals surface area contributed by atoms with Crippen LogP contribution >= 0.6 is 11.6 Å². The van der Waals surface area contributed by atoms with Crippen molar-refractivity contribution in [3.05, 3.63) is 23.8 Å². The molecule has 4 aliphatic carbocycles. The van der Waals surface area contributed by atoms with Crippen LogP contribution in [0.5, 0.6) is 0 Å². The van der Waals surface area contributed by atoms with Crippen molar-refractivity contribution in [2.45, 2.75) is 88.5 Å². The standard InChI is InChI=1S/C26H31ClO7/c1-13(28)31-12-19(30)26-20(32-22(2,3)34-26)10-15-16-9-18(27)17-8-14(29)6-7-23(17,4)25(16)21(33-25)11-24(15,26)5/h6-8,15-16,18,20-21H,9-12H2,1-5H3/t15-,16+,18-,20+,21+,23-,24-,25-,26+/m0/s1. The molecule has 2 aliphatic heterocycles. The molecule has 184 valence electrons. The van der Waals surface area contributed by atoms with Gasteiger partial charge < -0.3 is 18.9 Å². The number of allylic oxidation sites excluding steroid dienone is 2. The number of carbonyl (C=O) groups excluding carboxylic acids is 3. The Labute approximate surface area is 204 Å². The van der Waals surface area contributed by atoms with Gasteiger partial charge in [-0.1, -0.05) is 13.0 Å². The third-order valence-electron chi connectivity index (χ3n) is 9.73. The number of Topliss-reactive ketones (excluding diaryl/α,β-unsaturated/α-hetero) is 1. The van der Waals surface area contributed by atoms with Crippen molar-refractivity contribution in [1.82, 2.24) is 0 Å². The fraction of sp³-hybridized carbons (Fsp3) is 0.731. The minimum Gasteiger partial charge on any atom is -0.458 e. The molecule has 3 saturated carbocycles. The van der Waals surface area contributed by atoms with Gasteiger partial charge in [0.15, 0.2) is 23.8 Å². The Kier molecular flexibility index (Phi) is 4.45. The molecular weight excluding hydrogens is 460 g/mol. The molecule has 9 atom stereocenters. The van der Waals surface area contributed by atoms with Crippen molar-refractivity contribution in [2.24, 2.45) is 22.7 Å². The Hall–Kier alpha value is -1.54. The maximum atomic E-state index is 13.8. The fourth-order valence-electron chi connectivity index (χ4n) is 8.51. The lowest BCUT2D eigenvalue weighted by molar-refractivity contribution is -0.212. The van der Waals surface area contributed by atoms with Crippen molar-refractivity contribution in [1.29, 1.82) is 0 Å². The summed E-state index contributed by atoms with van der Waals surface area (Å²) >= 11 is 6.93. The molecule has 0 aromatic rings. The summed E-state index contributed by atoms with van der Waals surface area (Å²) in [5, 5.41) is -0.298. The number of hydrogen-bond donors (Lipinski definition) is 0. The molecule has 5 fully saturated rings. The van der Waals surface area contributed by atoms with E-state index in [2.05, 4.69) is 13.8 Å². The molecule has 2 saturated heterocycles. The highest BCUT2D eigenvalue weighted by Gasteiger charge is 2.85. The maximum Gasteiger partial charge on any atom is 0.303 e. The molecular formula is C26H31ClO7. The second-order valence-corrected chi connectivity index (χ2v) is 12.3. The van der Waals surface area contributed by atoms with E-state index in [0.717, 1.165) is 5.57 Å². The minimum absolute atomic E-state index is 0.0414. The number of fused-ring (bicyclic) bond motifs is 5. The van der Waals surface area contributed by atoms with Crippen LogP contribution in [-0.2, 0) is 33.3 Å². The van der Waals surface area contributed by atoms with Gasteiger partial charge in [-0.05, 0) is 69.6 Å². The van der Waals surface area contributed by atoms with Crippen molar-refractivity contribution in [3.8, 4) is 0 Å². The first-order valence-corrected chi connectivity index (χ1v) is 12.6. The fourth-order valence-corrected chi connectivity index (χ4v) is 8.99. The van der Waals surface area contributed by atoms with Crippen molar-refractivity contribution in [3.63, 3.8) is 0 Å². The molecule has 34 heavy (non-hydrogen) atoms. The molecule has 6 rings (SSSR count). The van der Waals surface area contributed by atoms with Crippen LogP contribution in [0.2, 0.25) is 0 Å². The van der Waals surface area contributed by atoms with Gasteiger partial charge >= 0.3 is 5.97 Å². The van der Waals surface area contributed by atoms with Crippen molar-refractivity contribution < 1.29 is 33.3 Å². The monoisotopic (exact) mass is 490 g/mol. The van der Waals surface area contributed by atoms with E-state index in [9.17, 15) is 14.4 Å². The Morgan fingerprint density at radius 3 is 2.56 bits per heavy atom. The summed E-state index contributed by atoms with van der Waals surface area (Å²) < 4.78 is 24.6. The first-order chi connectivity index (χ1) is 15.8. The predicted molar refractivity (Wildman–Crippen MR) is 121 cm³/mol. The van der Waals surface area contributed by atoms with E-state index in [1.54, 1.807) is 12.2 Å². The smallest absolute Gasteiger partial charge is 0.303 e. The van der Waals surface area contributed by atoms with Gasteiger partial charge in [0.05, 0.1) is 17.6 Å². The summed E-state index contributed by atoms with van der Waals surface area (Å²) in [5.41, 5.74) is -1.82. The number of alkyl halides is 1. The lowest BCUT2D eigenvalue weighted by Gasteiger charge is -2.56. The van der Waals surface area contributed by atoms with Crippen LogP contribution in [0.3, 0.4) is 0 Å². The third kappa shape index (κ3) is 2.52. The van der Waals surface area contributed by atoms with Gasteiger partial charge in [0.25, 0.3) is 0 Å². The highest BCUT2D eigenvalue weighted by molar-refractivity contribution is 6.23. The van der Waals surface area contributed by atoms with Crippen molar-refractivity contribution >= 4 is 29.1 Å². The SMILES string of the molecule is CC(=O)OCC(=O)[C@@]12OC(C)(C)O[C@@H]1C[C@H]1[C@H]3C[C@H](Cl)C4=CC(=O)C=C[C@]4(C)[C@]34O[C@@H]4C[C@@]12C. The summed E-state index contributed by atoms with van der Waals surface area (Å²) in [4.78, 5) is 37.4. The van der Waals surface area contributed by atoms with Gasteiger partial charge in [0.1, 0.15) is 5.60 Å². The maximum absolute atomic E-state index is 13.8. The summed E-state index contributed by atoms with van der Waals surface area (Å²) in [6, 6.07) is 0. The van der Waals surface area contributed by atoms with E-state index >= 15 is 0 Å². The number of epoxide rings is 1. The van der Waals surface area contributed by atoms with Crippen LogP contribution < -0.4 is 0 Å². The Morgan fingerprint density at radius 1 is 1.12 bits per heavy atom. The molecule has 1 spiro atoms. The Bertz CT molecular complexity index is 1080. The number of ketones is 2. The quantitative estimate of drug-likeness (QED) is 0.340. The molecule has 0 bridgehead atoms. The molecule has 0 aromatic carbocycles. The van der Waals surface area contributed by atoms with E-state index in [4.69, 9.17) is 30.5 Å². The van der Waals surface area contributed by atoms with E-state index in [0.29, 0.717) is 19.3 Å². The summed E-state index contributed by atoms with van der Waals surface area (Å²) in [5.74, 6) is -1.61. The zero-order valence-electron chi connectivity index (χ0n) is 20.2. The molecule has 7 nitrogen and oxygen atoms in total. The second kappa shape index (κ2) is 6.61. The average Bonchev–Trinajstić information content (AvgIpc) is 3.32. The summed E-state index contributed by atoms with van der Waals surface area (Å²) in [7, 11) is 0. The topological polar surface area (TPSA) is 91.4 Å². The van der Waals surface area contributed by atoms with Crippen molar-refractivity contribution in [2.75, 3.05) is 6.61 Å². The average molecular weight is 491 g/mol. The molecule has 8 heteroatoms. The molecule has 0 aromatic heterocycles. The molecule has 0 N–H and O–H groups in total. The summed E-state index contributed by atoms with van der Waals surface area (Å²) in [6.45, 7) is 8.82. The largest absolute Gasteiger partial charge is 0.458 e. The van der Waals surface area contributed by atoms with Crippen LogP contribution in [-0.4, -0.2) is 58.7 Å². The van der Waals surface area contributed by atoms with Gasteiger partial charge in [-0.25, -0.2) is 0 Å². The zero-order valence-corrected chi connectivity index (χ0v) is 20.9. The van der Waals surface area contributed by atoms with E-state index in [1.165, 1.54) is 6.92 Å². The number of carbonyl (C=O) groups is 3. The minimum atomic E-state index is -1.23. The van der Waals surface area contributed by atoms with E-state index in [-0.39, 0.29) is 41.5 Å². The number of esters is 1. The lowest BCUT2D eigenvalue weighted by atomic mass is 9.46. The molecule has 0 unspecified atom stereocenters. The normalized spacial score (nSPS) is 51.4. The number of ether oxygens (including phenoxy) is 4. The van der Waals surface area contributed by atoms with E-state index < -0.39 is 39.9 Å². The highest BCUT2D eigenvalue weighted by atomic mass is 35.5. The van der Waals surface area contributed by atoms with Crippen LogP contribution in [0.1, 0.15) is 53.9 Å². The van der Waals surface area contributed by atoms with Gasteiger partial charge in [0.2, 0.25) is 5.78 Å². The number of halogens is 1.